The van der Waals surface area contributed by atoms with Gasteiger partial charge in [0.05, 0.1) is 16.1 Å². The second kappa shape index (κ2) is 5.65. The zero-order valence-electron chi connectivity index (χ0n) is 11.8. The van der Waals surface area contributed by atoms with Crippen LogP contribution in [0, 0.1) is 10.1 Å². The first-order valence-corrected chi connectivity index (χ1v) is 6.72. The fourth-order valence-electron chi connectivity index (χ4n) is 2.37. The van der Waals surface area contributed by atoms with Gasteiger partial charge in [0.25, 0.3) is 11.6 Å². The molecule has 1 aliphatic rings. The number of nitro groups is 1. The van der Waals surface area contributed by atoms with Gasteiger partial charge in [-0.1, -0.05) is 0 Å². The quantitative estimate of drug-likeness (QED) is 0.618. The average Bonchev–Trinajstić information content (AvgIpc) is 2.59. The Morgan fingerprint density at radius 1 is 1.52 bits per heavy atom. The van der Waals surface area contributed by atoms with Crippen molar-refractivity contribution < 1.29 is 14.8 Å². The number of anilines is 1. The second-order valence-corrected chi connectivity index (χ2v) is 5.53. The van der Waals surface area contributed by atoms with Crippen molar-refractivity contribution in [2.24, 2.45) is 0 Å². The Labute approximate surface area is 121 Å². The third-order valence-electron chi connectivity index (χ3n) is 3.70. The van der Waals surface area contributed by atoms with Crippen LogP contribution in [0.25, 0.3) is 0 Å². The van der Waals surface area contributed by atoms with Crippen LogP contribution in [-0.4, -0.2) is 44.5 Å². The fourth-order valence-corrected chi connectivity index (χ4v) is 2.37. The molecule has 3 N–H and O–H groups in total. The Hall–Kier alpha value is -2.22. The minimum Gasteiger partial charge on any atom is -0.390 e. The summed E-state index contributed by atoms with van der Waals surface area (Å²) in [7, 11) is 0. The molecule has 1 aliphatic heterocycles. The number of nitrogens with two attached hydrogens (primary N) is 1. The van der Waals surface area contributed by atoms with E-state index >= 15 is 0 Å². The summed E-state index contributed by atoms with van der Waals surface area (Å²) in [4.78, 5) is 27.9. The van der Waals surface area contributed by atoms with E-state index in [-0.39, 0.29) is 23.0 Å². The first kappa shape index (κ1) is 15.2. The van der Waals surface area contributed by atoms with Gasteiger partial charge < -0.3 is 15.7 Å². The van der Waals surface area contributed by atoms with Crippen LogP contribution in [0.1, 0.15) is 36.5 Å². The second-order valence-electron chi connectivity index (χ2n) is 5.53. The number of aromatic nitrogens is 1. The Kier molecular flexibility index (Phi) is 4.08. The molecule has 0 aliphatic carbocycles. The van der Waals surface area contributed by atoms with Crippen molar-refractivity contribution in [3.8, 4) is 0 Å². The van der Waals surface area contributed by atoms with Crippen LogP contribution in [0.3, 0.4) is 0 Å². The van der Waals surface area contributed by atoms with E-state index in [4.69, 9.17) is 5.73 Å². The van der Waals surface area contributed by atoms with Gasteiger partial charge in [-0.25, -0.2) is 4.98 Å². The summed E-state index contributed by atoms with van der Waals surface area (Å²) < 4.78 is 0. The molecule has 8 nitrogen and oxygen atoms in total. The summed E-state index contributed by atoms with van der Waals surface area (Å²) in [6.07, 6.45) is 2.76. The first-order chi connectivity index (χ1) is 9.80. The van der Waals surface area contributed by atoms with E-state index in [0.717, 1.165) is 12.3 Å². The average molecular weight is 294 g/mol. The third-order valence-corrected chi connectivity index (χ3v) is 3.70. The number of nitrogens with zero attached hydrogens (tertiary/aromatic N) is 3. The van der Waals surface area contributed by atoms with E-state index < -0.39 is 10.5 Å². The highest BCUT2D eigenvalue weighted by Crippen LogP contribution is 2.24. The molecule has 0 spiro atoms. The third kappa shape index (κ3) is 3.46. The standard InChI is InChI=1S/C13H18N4O4/c1-13(19)3-2-5-16(6-4-13)12(18)10-7-9(17(20)21)8-15-11(10)14/h7-8,19H,2-6H2,1H3,(H2,14,15). The van der Waals surface area contributed by atoms with Crippen molar-refractivity contribution in [1.29, 1.82) is 0 Å². The zero-order valence-corrected chi connectivity index (χ0v) is 11.8. The van der Waals surface area contributed by atoms with E-state index in [1.54, 1.807) is 11.8 Å². The summed E-state index contributed by atoms with van der Waals surface area (Å²) in [5.74, 6) is -0.414. The molecule has 1 unspecified atom stereocenters. The minimum atomic E-state index is -0.790. The molecule has 1 amide bonds. The summed E-state index contributed by atoms with van der Waals surface area (Å²) in [5, 5.41) is 20.8. The molecule has 0 saturated carbocycles. The van der Waals surface area contributed by atoms with Gasteiger partial charge in [-0.3, -0.25) is 14.9 Å². The monoisotopic (exact) mass is 294 g/mol. The highest BCUT2D eigenvalue weighted by Gasteiger charge is 2.29. The predicted octanol–water partition coefficient (Wildman–Crippen LogP) is 0.949. The number of hydrogen-bond donors (Lipinski definition) is 2. The molecular weight excluding hydrogens is 276 g/mol. The number of amides is 1. The number of aliphatic hydroxyl groups is 1. The molecule has 1 fully saturated rings. The van der Waals surface area contributed by atoms with Gasteiger partial charge in [0, 0.05) is 19.2 Å². The molecule has 1 aromatic rings. The molecule has 21 heavy (non-hydrogen) atoms. The lowest BCUT2D eigenvalue weighted by Crippen LogP contribution is -2.34. The van der Waals surface area contributed by atoms with E-state index in [1.807, 2.05) is 0 Å². The van der Waals surface area contributed by atoms with Crippen molar-refractivity contribution in [3.63, 3.8) is 0 Å². The number of carbonyl (C=O) groups is 1. The summed E-state index contributed by atoms with van der Waals surface area (Å²) in [5.41, 5.74) is 4.63. The van der Waals surface area contributed by atoms with E-state index in [1.165, 1.54) is 0 Å². The Balaban J connectivity index is 2.23. The van der Waals surface area contributed by atoms with Gasteiger partial charge >= 0.3 is 0 Å². The number of nitrogen functional groups attached to an aromatic ring is 1. The molecule has 0 aromatic carbocycles. The van der Waals surface area contributed by atoms with E-state index in [9.17, 15) is 20.0 Å². The molecule has 2 rings (SSSR count). The molecule has 114 valence electrons. The van der Waals surface area contributed by atoms with Crippen LogP contribution in [-0.2, 0) is 0 Å². The maximum atomic E-state index is 12.5. The Morgan fingerprint density at radius 2 is 2.24 bits per heavy atom. The van der Waals surface area contributed by atoms with E-state index in [0.29, 0.717) is 32.4 Å². The van der Waals surface area contributed by atoms with Crippen LogP contribution in [0.5, 0.6) is 0 Å². The van der Waals surface area contributed by atoms with Gasteiger partial charge in [0.1, 0.15) is 12.0 Å². The maximum Gasteiger partial charge on any atom is 0.288 e. The molecule has 1 saturated heterocycles. The number of carbonyl (C=O) groups excluding carboxylic acids is 1. The largest absolute Gasteiger partial charge is 0.390 e. The number of likely N-dealkylation sites (tertiary alicyclic amines) is 1. The topological polar surface area (TPSA) is 123 Å². The fraction of sp³-hybridized carbons (Fsp3) is 0.538. The predicted molar refractivity (Wildman–Crippen MR) is 75.7 cm³/mol. The summed E-state index contributed by atoms with van der Waals surface area (Å²) in [6.45, 7) is 2.61. The van der Waals surface area contributed by atoms with Gasteiger partial charge in [-0.2, -0.15) is 0 Å². The van der Waals surface area contributed by atoms with Crippen molar-refractivity contribution in [3.05, 3.63) is 27.9 Å². The zero-order chi connectivity index (χ0) is 15.6. The smallest absolute Gasteiger partial charge is 0.288 e. The van der Waals surface area contributed by atoms with Crippen LogP contribution in [0.4, 0.5) is 11.5 Å². The van der Waals surface area contributed by atoms with Gasteiger partial charge in [0.2, 0.25) is 0 Å². The SMILES string of the molecule is CC1(O)CCCN(C(=O)c2cc([N+](=O)[O-])cnc2N)CC1. The van der Waals surface area contributed by atoms with Crippen LogP contribution in [0.15, 0.2) is 12.3 Å². The maximum absolute atomic E-state index is 12.5. The molecule has 1 aromatic heterocycles. The lowest BCUT2D eigenvalue weighted by atomic mass is 9.98. The number of rotatable bonds is 2. The molecule has 1 atom stereocenters. The Bertz CT molecular complexity index is 573. The van der Waals surface area contributed by atoms with Crippen LogP contribution < -0.4 is 5.73 Å². The lowest BCUT2D eigenvalue weighted by molar-refractivity contribution is -0.385. The van der Waals surface area contributed by atoms with Crippen molar-refractivity contribution in [2.75, 3.05) is 18.8 Å². The lowest BCUT2D eigenvalue weighted by Gasteiger charge is -2.22. The van der Waals surface area contributed by atoms with Crippen LogP contribution >= 0.6 is 0 Å². The molecule has 2 heterocycles. The Morgan fingerprint density at radius 3 is 2.90 bits per heavy atom. The number of pyridine rings is 1. The van der Waals surface area contributed by atoms with Gasteiger partial charge in [-0.15, -0.1) is 0 Å². The van der Waals surface area contributed by atoms with Crippen molar-refractivity contribution in [1.82, 2.24) is 9.88 Å². The highest BCUT2D eigenvalue weighted by atomic mass is 16.6. The van der Waals surface area contributed by atoms with Crippen LogP contribution in [0.2, 0.25) is 0 Å². The summed E-state index contributed by atoms with van der Waals surface area (Å²) in [6, 6.07) is 1.15. The van der Waals surface area contributed by atoms with Gasteiger partial charge in [0.15, 0.2) is 0 Å². The molecule has 8 heteroatoms. The minimum absolute atomic E-state index is 0.0263. The number of hydrogen-bond acceptors (Lipinski definition) is 6. The van der Waals surface area contributed by atoms with Gasteiger partial charge in [-0.05, 0) is 26.2 Å². The van der Waals surface area contributed by atoms with E-state index in [2.05, 4.69) is 4.98 Å². The molecular formula is C13H18N4O4. The first-order valence-electron chi connectivity index (χ1n) is 6.72. The molecule has 0 radical (unpaired) electrons. The molecule has 0 bridgehead atoms. The summed E-state index contributed by atoms with van der Waals surface area (Å²) >= 11 is 0. The van der Waals surface area contributed by atoms with Crippen molar-refractivity contribution >= 4 is 17.4 Å². The normalized spacial score (nSPS) is 22.7. The highest BCUT2D eigenvalue weighted by molar-refractivity contribution is 5.98. The van der Waals surface area contributed by atoms with Crippen molar-refractivity contribution in [2.45, 2.75) is 31.8 Å².